The molecular formula is C28H31N7. The van der Waals surface area contributed by atoms with Crippen molar-refractivity contribution in [3.8, 4) is 0 Å². The van der Waals surface area contributed by atoms with Crippen LogP contribution in [0.3, 0.4) is 0 Å². The maximum absolute atomic E-state index is 4.87. The number of hydrazone groups is 1. The summed E-state index contributed by atoms with van der Waals surface area (Å²) < 4.78 is 0. The molecule has 6 rings (SSSR count). The fourth-order valence-electron chi connectivity index (χ4n) is 5.22. The Hall–Kier alpha value is -3.74. The van der Waals surface area contributed by atoms with Crippen LogP contribution in [0.2, 0.25) is 0 Å². The maximum Gasteiger partial charge on any atom is 0.250 e. The van der Waals surface area contributed by atoms with Crippen molar-refractivity contribution < 1.29 is 0 Å². The lowest BCUT2D eigenvalue weighted by molar-refractivity contribution is 0.556. The topological polar surface area (TPSA) is 69.5 Å². The van der Waals surface area contributed by atoms with Crippen LogP contribution in [-0.4, -0.2) is 47.3 Å². The van der Waals surface area contributed by atoms with Crippen LogP contribution in [0.25, 0.3) is 21.5 Å². The number of nitrogens with zero attached hydrogens (tertiary/aromatic N) is 6. The molecule has 0 atom stereocenters. The Kier molecular flexibility index (Phi) is 6.13. The van der Waals surface area contributed by atoms with Gasteiger partial charge in [0.1, 0.15) is 0 Å². The van der Waals surface area contributed by atoms with Gasteiger partial charge in [-0.3, -0.25) is 0 Å². The largest absolute Gasteiger partial charge is 0.341 e. The number of benzene rings is 3. The minimum absolute atomic E-state index is 0.502. The Morgan fingerprint density at radius 1 is 0.657 bits per heavy atom. The summed E-state index contributed by atoms with van der Waals surface area (Å²) in [6.07, 6.45) is 9.17. The second-order valence-corrected chi connectivity index (χ2v) is 9.46. The van der Waals surface area contributed by atoms with Gasteiger partial charge >= 0.3 is 0 Å². The van der Waals surface area contributed by atoms with E-state index in [4.69, 9.17) is 15.0 Å². The first kappa shape index (κ1) is 21.8. The first-order valence-electron chi connectivity index (χ1n) is 12.8. The molecule has 35 heavy (non-hydrogen) atoms. The highest BCUT2D eigenvalue weighted by Gasteiger charge is 2.20. The maximum atomic E-state index is 4.87. The third-order valence-corrected chi connectivity index (χ3v) is 7.06. The minimum atomic E-state index is 0.502. The molecule has 2 fully saturated rings. The molecule has 7 nitrogen and oxygen atoms in total. The number of anilines is 3. The lowest BCUT2D eigenvalue weighted by atomic mass is 9.97. The van der Waals surface area contributed by atoms with Gasteiger partial charge in [0.2, 0.25) is 17.8 Å². The summed E-state index contributed by atoms with van der Waals surface area (Å²) in [6, 6.07) is 19.1. The van der Waals surface area contributed by atoms with E-state index in [2.05, 4.69) is 74.9 Å². The van der Waals surface area contributed by atoms with Crippen LogP contribution in [0.1, 0.15) is 44.1 Å². The number of aromatic nitrogens is 3. The predicted molar refractivity (Wildman–Crippen MR) is 145 cm³/mol. The summed E-state index contributed by atoms with van der Waals surface area (Å²) in [5.74, 6) is 2.02. The molecule has 3 heterocycles. The fourth-order valence-corrected chi connectivity index (χ4v) is 5.22. The smallest absolute Gasteiger partial charge is 0.250 e. The van der Waals surface area contributed by atoms with Crippen molar-refractivity contribution >= 4 is 45.6 Å². The van der Waals surface area contributed by atoms with Crippen molar-refractivity contribution in [2.24, 2.45) is 5.10 Å². The van der Waals surface area contributed by atoms with Crippen molar-refractivity contribution in [2.45, 2.75) is 38.5 Å². The average Bonchev–Trinajstić information content (AvgIpc) is 2.93. The van der Waals surface area contributed by atoms with Crippen molar-refractivity contribution in [1.29, 1.82) is 0 Å². The molecule has 0 saturated carbocycles. The summed E-state index contributed by atoms with van der Waals surface area (Å²) in [7, 11) is 0. The molecule has 2 aliphatic heterocycles. The van der Waals surface area contributed by atoms with Crippen molar-refractivity contribution in [3.05, 3.63) is 60.2 Å². The van der Waals surface area contributed by atoms with E-state index >= 15 is 0 Å². The van der Waals surface area contributed by atoms with E-state index in [1.54, 1.807) is 0 Å². The van der Waals surface area contributed by atoms with Crippen molar-refractivity contribution in [1.82, 2.24) is 15.0 Å². The average molecular weight is 466 g/mol. The molecule has 0 amide bonds. The van der Waals surface area contributed by atoms with Gasteiger partial charge in [-0.05, 0) is 66.1 Å². The van der Waals surface area contributed by atoms with E-state index in [1.165, 1.54) is 60.1 Å². The Bertz CT molecular complexity index is 1260. The zero-order valence-electron chi connectivity index (χ0n) is 20.0. The van der Waals surface area contributed by atoms with E-state index in [-0.39, 0.29) is 0 Å². The van der Waals surface area contributed by atoms with Gasteiger partial charge in [0.15, 0.2) is 0 Å². The standard InChI is InChI=1S/C28H31N7/c1-7-15-34(16-8-1)27-30-26(31-28(32-27)35-17-9-2-10-18-35)33-29-20-25-23-13-5-3-11-21(23)19-22-12-4-6-14-24(22)25/h3-6,11-14,19-20H,1-2,7-10,15-18H2,(H,30,31,32,33). The summed E-state index contributed by atoms with van der Waals surface area (Å²) in [5, 5.41) is 9.38. The van der Waals surface area contributed by atoms with Crippen LogP contribution < -0.4 is 15.2 Å². The molecule has 7 heteroatoms. The molecule has 2 saturated heterocycles. The summed E-state index contributed by atoms with van der Waals surface area (Å²) in [5.41, 5.74) is 4.23. The van der Waals surface area contributed by atoms with Gasteiger partial charge < -0.3 is 9.80 Å². The molecule has 0 unspecified atom stereocenters. The quantitative estimate of drug-likeness (QED) is 0.235. The fraction of sp³-hybridized carbons (Fsp3) is 0.357. The van der Waals surface area contributed by atoms with Gasteiger partial charge in [0.05, 0.1) is 6.21 Å². The zero-order valence-corrected chi connectivity index (χ0v) is 20.0. The highest BCUT2D eigenvalue weighted by Crippen LogP contribution is 2.27. The Balaban J connectivity index is 1.34. The summed E-state index contributed by atoms with van der Waals surface area (Å²) in [4.78, 5) is 19.0. The van der Waals surface area contributed by atoms with Gasteiger partial charge in [0, 0.05) is 31.7 Å². The number of rotatable bonds is 5. The molecule has 1 aromatic heterocycles. The van der Waals surface area contributed by atoms with Gasteiger partial charge in [-0.2, -0.15) is 20.1 Å². The Morgan fingerprint density at radius 2 is 1.17 bits per heavy atom. The molecule has 3 aromatic carbocycles. The molecule has 0 radical (unpaired) electrons. The molecular weight excluding hydrogens is 434 g/mol. The van der Waals surface area contributed by atoms with Crippen LogP contribution in [0.15, 0.2) is 59.7 Å². The normalized spacial score (nSPS) is 16.9. The molecule has 1 N–H and O–H groups in total. The first-order valence-corrected chi connectivity index (χ1v) is 12.8. The molecule has 0 aliphatic carbocycles. The van der Waals surface area contributed by atoms with Crippen LogP contribution in [-0.2, 0) is 0 Å². The third kappa shape index (κ3) is 4.63. The highest BCUT2D eigenvalue weighted by molar-refractivity contribution is 6.13. The molecule has 0 spiro atoms. The number of hydrogen-bond donors (Lipinski definition) is 1. The predicted octanol–water partition coefficient (Wildman–Crippen LogP) is 5.60. The zero-order chi connectivity index (χ0) is 23.5. The van der Waals surface area contributed by atoms with Gasteiger partial charge in [-0.15, -0.1) is 0 Å². The monoisotopic (exact) mass is 465 g/mol. The second kappa shape index (κ2) is 9.86. The molecule has 0 bridgehead atoms. The van der Waals surface area contributed by atoms with Crippen LogP contribution in [0.5, 0.6) is 0 Å². The molecule has 4 aromatic rings. The van der Waals surface area contributed by atoms with Crippen molar-refractivity contribution in [3.63, 3.8) is 0 Å². The molecule has 2 aliphatic rings. The highest BCUT2D eigenvalue weighted by atomic mass is 15.4. The molecule has 178 valence electrons. The van der Waals surface area contributed by atoms with E-state index in [0.717, 1.165) is 43.6 Å². The minimum Gasteiger partial charge on any atom is -0.341 e. The Morgan fingerprint density at radius 3 is 1.71 bits per heavy atom. The van der Waals surface area contributed by atoms with Gasteiger partial charge in [-0.1, -0.05) is 48.5 Å². The van der Waals surface area contributed by atoms with E-state index in [0.29, 0.717) is 5.95 Å². The second-order valence-electron chi connectivity index (χ2n) is 9.46. The number of fused-ring (bicyclic) bond motifs is 2. The number of hydrogen-bond acceptors (Lipinski definition) is 7. The third-order valence-electron chi connectivity index (χ3n) is 7.06. The number of piperidine rings is 2. The van der Waals surface area contributed by atoms with Crippen LogP contribution in [0.4, 0.5) is 17.8 Å². The van der Waals surface area contributed by atoms with Crippen molar-refractivity contribution in [2.75, 3.05) is 41.4 Å². The Labute approximate surface area is 205 Å². The van der Waals surface area contributed by atoms with E-state index in [9.17, 15) is 0 Å². The lowest BCUT2D eigenvalue weighted by Crippen LogP contribution is -2.34. The van der Waals surface area contributed by atoms with Crippen LogP contribution in [0, 0.1) is 0 Å². The van der Waals surface area contributed by atoms with E-state index < -0.39 is 0 Å². The lowest BCUT2D eigenvalue weighted by Gasteiger charge is -2.30. The number of nitrogens with one attached hydrogen (secondary N) is 1. The summed E-state index contributed by atoms with van der Waals surface area (Å²) in [6.45, 7) is 3.98. The van der Waals surface area contributed by atoms with Gasteiger partial charge in [0.25, 0.3) is 0 Å². The van der Waals surface area contributed by atoms with Crippen LogP contribution >= 0.6 is 0 Å². The van der Waals surface area contributed by atoms with E-state index in [1.807, 2.05) is 6.21 Å². The van der Waals surface area contributed by atoms with Gasteiger partial charge in [-0.25, -0.2) is 5.43 Å². The summed E-state index contributed by atoms with van der Waals surface area (Å²) >= 11 is 0. The first-order chi connectivity index (χ1) is 17.3. The SMILES string of the molecule is C(=NNc1nc(N2CCCCC2)nc(N2CCCCC2)n1)c1c2ccccc2cc2ccccc12.